The first-order valence-corrected chi connectivity index (χ1v) is 6.72. The third kappa shape index (κ3) is 3.90. The van der Waals surface area contributed by atoms with Gasteiger partial charge in [0.15, 0.2) is 5.82 Å². The van der Waals surface area contributed by atoms with Gasteiger partial charge in [0, 0.05) is 19.1 Å². The molecule has 2 rings (SSSR count). The number of nitrogen functional groups attached to an aromatic ring is 1. The molecule has 1 aliphatic heterocycles. The van der Waals surface area contributed by atoms with Gasteiger partial charge in [-0.05, 0) is 31.7 Å². The lowest BCUT2D eigenvalue weighted by atomic mass is 10.0. The van der Waals surface area contributed by atoms with Crippen LogP contribution in [-0.2, 0) is 9.53 Å². The van der Waals surface area contributed by atoms with Gasteiger partial charge in [0.2, 0.25) is 5.91 Å². The van der Waals surface area contributed by atoms with E-state index < -0.39 is 11.6 Å². The third-order valence-corrected chi connectivity index (χ3v) is 3.32. The van der Waals surface area contributed by atoms with Gasteiger partial charge in [-0.15, -0.1) is 0 Å². The first kappa shape index (κ1) is 14.7. The lowest BCUT2D eigenvalue weighted by Gasteiger charge is -2.22. The fourth-order valence-electron chi connectivity index (χ4n) is 2.25. The van der Waals surface area contributed by atoms with Gasteiger partial charge in [-0.3, -0.25) is 4.79 Å². The summed E-state index contributed by atoms with van der Waals surface area (Å²) >= 11 is 0. The van der Waals surface area contributed by atoms with Crippen molar-refractivity contribution in [2.24, 2.45) is 0 Å². The SMILES string of the molecule is Nc1cc(F)cc(F)c1NC(=O)CCC1CCCCO1. The number of nitrogens with two attached hydrogens (primary N) is 1. The van der Waals surface area contributed by atoms with Gasteiger partial charge in [0.05, 0.1) is 11.8 Å². The number of hydrogen-bond acceptors (Lipinski definition) is 3. The molecule has 1 saturated heterocycles. The van der Waals surface area contributed by atoms with Crippen molar-refractivity contribution in [2.45, 2.75) is 38.2 Å². The van der Waals surface area contributed by atoms with Crippen LogP contribution >= 0.6 is 0 Å². The summed E-state index contributed by atoms with van der Waals surface area (Å²) < 4.78 is 31.9. The molecule has 0 aliphatic carbocycles. The second-order valence-electron chi connectivity index (χ2n) is 4.93. The number of benzene rings is 1. The van der Waals surface area contributed by atoms with E-state index in [1.807, 2.05) is 0 Å². The molecule has 1 unspecified atom stereocenters. The van der Waals surface area contributed by atoms with E-state index in [0.717, 1.165) is 31.9 Å². The van der Waals surface area contributed by atoms with Gasteiger partial charge in [0.1, 0.15) is 11.5 Å². The summed E-state index contributed by atoms with van der Waals surface area (Å²) in [6.07, 6.45) is 4.01. The predicted molar refractivity (Wildman–Crippen MR) is 72.2 cm³/mol. The number of rotatable bonds is 4. The third-order valence-electron chi connectivity index (χ3n) is 3.32. The molecule has 0 bridgehead atoms. The summed E-state index contributed by atoms with van der Waals surface area (Å²) in [4.78, 5) is 11.8. The Balaban J connectivity index is 1.88. The number of hydrogen-bond donors (Lipinski definition) is 2. The van der Waals surface area contributed by atoms with E-state index in [1.165, 1.54) is 0 Å². The highest BCUT2D eigenvalue weighted by Gasteiger charge is 2.17. The Bertz CT molecular complexity index is 465. The predicted octanol–water partition coefficient (Wildman–Crippen LogP) is 2.83. The summed E-state index contributed by atoms with van der Waals surface area (Å²) in [6, 6.07) is 1.67. The molecule has 0 saturated carbocycles. The molecule has 1 aromatic rings. The van der Waals surface area contributed by atoms with Crippen LogP contribution in [0.15, 0.2) is 12.1 Å². The van der Waals surface area contributed by atoms with Crippen molar-refractivity contribution >= 4 is 17.3 Å². The van der Waals surface area contributed by atoms with Gasteiger partial charge in [-0.2, -0.15) is 0 Å². The molecule has 1 amide bonds. The Hall–Kier alpha value is -1.69. The number of halogens is 2. The Morgan fingerprint density at radius 1 is 1.40 bits per heavy atom. The van der Waals surface area contributed by atoms with Crippen LogP contribution in [0.1, 0.15) is 32.1 Å². The minimum Gasteiger partial charge on any atom is -0.397 e. The lowest BCUT2D eigenvalue weighted by molar-refractivity contribution is -0.117. The van der Waals surface area contributed by atoms with Gasteiger partial charge < -0.3 is 15.8 Å². The smallest absolute Gasteiger partial charge is 0.224 e. The van der Waals surface area contributed by atoms with E-state index in [9.17, 15) is 13.6 Å². The van der Waals surface area contributed by atoms with Crippen LogP contribution in [0.3, 0.4) is 0 Å². The van der Waals surface area contributed by atoms with Crippen molar-refractivity contribution in [3.05, 3.63) is 23.8 Å². The lowest BCUT2D eigenvalue weighted by Crippen LogP contribution is -2.22. The average Bonchev–Trinajstić information content (AvgIpc) is 2.42. The zero-order valence-corrected chi connectivity index (χ0v) is 11.1. The van der Waals surface area contributed by atoms with E-state index in [-0.39, 0.29) is 29.8 Å². The molecule has 1 aromatic carbocycles. The zero-order chi connectivity index (χ0) is 14.5. The zero-order valence-electron chi connectivity index (χ0n) is 11.1. The summed E-state index contributed by atoms with van der Waals surface area (Å²) in [5.74, 6) is -1.99. The van der Waals surface area contributed by atoms with E-state index in [2.05, 4.69) is 5.32 Å². The van der Waals surface area contributed by atoms with E-state index >= 15 is 0 Å². The molecule has 4 nitrogen and oxygen atoms in total. The summed E-state index contributed by atoms with van der Waals surface area (Å²) in [6.45, 7) is 0.728. The highest BCUT2D eigenvalue weighted by molar-refractivity contribution is 5.93. The molecule has 1 heterocycles. The minimum absolute atomic E-state index is 0.0879. The second kappa shape index (κ2) is 6.65. The van der Waals surface area contributed by atoms with Crippen LogP contribution in [-0.4, -0.2) is 18.6 Å². The van der Waals surface area contributed by atoms with Crippen molar-refractivity contribution in [3.63, 3.8) is 0 Å². The number of ether oxygens (including phenoxy) is 1. The molecule has 1 aliphatic rings. The molecule has 1 fully saturated rings. The van der Waals surface area contributed by atoms with Crippen LogP contribution in [0.25, 0.3) is 0 Å². The quantitative estimate of drug-likeness (QED) is 0.836. The first-order chi connectivity index (χ1) is 9.56. The van der Waals surface area contributed by atoms with Crippen molar-refractivity contribution < 1.29 is 18.3 Å². The highest BCUT2D eigenvalue weighted by atomic mass is 19.1. The second-order valence-corrected chi connectivity index (χ2v) is 4.93. The minimum atomic E-state index is -0.871. The molecule has 0 aromatic heterocycles. The monoisotopic (exact) mass is 284 g/mol. The normalized spacial score (nSPS) is 18.8. The molecule has 0 spiro atoms. The summed E-state index contributed by atoms with van der Waals surface area (Å²) in [7, 11) is 0. The maximum Gasteiger partial charge on any atom is 0.224 e. The van der Waals surface area contributed by atoms with E-state index in [0.29, 0.717) is 12.5 Å². The molecule has 1 atom stereocenters. The average molecular weight is 284 g/mol. The molecule has 0 radical (unpaired) electrons. The van der Waals surface area contributed by atoms with E-state index in [1.54, 1.807) is 0 Å². The van der Waals surface area contributed by atoms with Crippen LogP contribution < -0.4 is 11.1 Å². The van der Waals surface area contributed by atoms with Crippen LogP contribution in [0.5, 0.6) is 0 Å². The van der Waals surface area contributed by atoms with Crippen molar-refractivity contribution in [1.29, 1.82) is 0 Å². The highest BCUT2D eigenvalue weighted by Crippen LogP contribution is 2.24. The number of nitrogens with one attached hydrogen (secondary N) is 1. The van der Waals surface area contributed by atoms with Crippen molar-refractivity contribution in [1.82, 2.24) is 0 Å². The van der Waals surface area contributed by atoms with Gasteiger partial charge >= 0.3 is 0 Å². The summed E-state index contributed by atoms with van der Waals surface area (Å²) in [5.41, 5.74) is 5.20. The Morgan fingerprint density at radius 2 is 2.20 bits per heavy atom. The van der Waals surface area contributed by atoms with Gasteiger partial charge in [-0.25, -0.2) is 8.78 Å². The summed E-state index contributed by atoms with van der Waals surface area (Å²) in [5, 5.41) is 2.38. The van der Waals surface area contributed by atoms with Crippen LogP contribution in [0.4, 0.5) is 20.2 Å². The number of carbonyl (C=O) groups is 1. The number of anilines is 2. The molecular formula is C14H18F2N2O2. The van der Waals surface area contributed by atoms with Crippen LogP contribution in [0, 0.1) is 11.6 Å². The maximum atomic E-state index is 13.5. The number of carbonyl (C=O) groups excluding carboxylic acids is 1. The molecule has 110 valence electrons. The standard InChI is InChI=1S/C14H18F2N2O2/c15-9-7-11(16)14(12(17)8-9)18-13(19)5-4-10-3-1-2-6-20-10/h7-8,10H,1-6,17H2,(H,18,19). The molecule has 6 heteroatoms. The van der Waals surface area contributed by atoms with Crippen LogP contribution in [0.2, 0.25) is 0 Å². The molecular weight excluding hydrogens is 266 g/mol. The Morgan fingerprint density at radius 3 is 2.85 bits per heavy atom. The fourth-order valence-corrected chi connectivity index (χ4v) is 2.25. The first-order valence-electron chi connectivity index (χ1n) is 6.72. The van der Waals surface area contributed by atoms with Crippen molar-refractivity contribution in [2.75, 3.05) is 17.7 Å². The Kier molecular flexibility index (Phi) is 4.89. The van der Waals surface area contributed by atoms with Gasteiger partial charge in [0.25, 0.3) is 0 Å². The van der Waals surface area contributed by atoms with Gasteiger partial charge in [-0.1, -0.05) is 0 Å². The topological polar surface area (TPSA) is 64.3 Å². The number of amides is 1. The largest absolute Gasteiger partial charge is 0.397 e. The van der Waals surface area contributed by atoms with E-state index in [4.69, 9.17) is 10.5 Å². The Labute approximate surface area is 116 Å². The van der Waals surface area contributed by atoms with Crippen molar-refractivity contribution in [3.8, 4) is 0 Å². The molecule has 3 N–H and O–H groups in total. The maximum absolute atomic E-state index is 13.5. The molecule has 20 heavy (non-hydrogen) atoms. The fraction of sp³-hybridized carbons (Fsp3) is 0.500.